The van der Waals surface area contributed by atoms with Gasteiger partial charge in [0, 0.05) is 50.3 Å². The molecular formula is C28H31FN8O. The summed E-state index contributed by atoms with van der Waals surface area (Å²) in [5.74, 6) is 0.408. The first kappa shape index (κ1) is 24.3. The van der Waals surface area contributed by atoms with Gasteiger partial charge in [0.1, 0.15) is 11.4 Å². The maximum atomic E-state index is 14.9. The van der Waals surface area contributed by atoms with Crippen molar-refractivity contribution in [3.8, 4) is 0 Å². The third kappa shape index (κ3) is 4.05. The predicted molar refractivity (Wildman–Crippen MR) is 149 cm³/mol. The van der Waals surface area contributed by atoms with E-state index in [1.165, 1.54) is 34.0 Å². The van der Waals surface area contributed by atoms with Gasteiger partial charge in [0.2, 0.25) is 11.9 Å². The zero-order valence-electron chi connectivity index (χ0n) is 22.1. The van der Waals surface area contributed by atoms with Crippen molar-refractivity contribution in [2.75, 3.05) is 66.3 Å². The quantitative estimate of drug-likeness (QED) is 0.566. The van der Waals surface area contributed by atoms with Crippen LogP contribution in [0.15, 0.2) is 41.5 Å². The zero-order chi connectivity index (χ0) is 26.6. The van der Waals surface area contributed by atoms with Gasteiger partial charge in [-0.1, -0.05) is 12.1 Å². The molecule has 38 heavy (non-hydrogen) atoms. The highest BCUT2D eigenvalue weighted by Gasteiger charge is 2.41. The van der Waals surface area contributed by atoms with Crippen LogP contribution in [0.4, 0.5) is 33.2 Å². The number of hydrogen-bond donors (Lipinski definition) is 1. The number of aromatic nitrogens is 2. The number of nitrogens with zero attached hydrogens (tertiary/aromatic N) is 7. The molecule has 0 atom stereocenters. The molecule has 1 amide bonds. The molecule has 0 bridgehead atoms. The van der Waals surface area contributed by atoms with E-state index in [9.17, 15) is 9.18 Å². The van der Waals surface area contributed by atoms with Gasteiger partial charge in [-0.05, 0) is 62.7 Å². The highest BCUT2D eigenvalue weighted by molar-refractivity contribution is 6.31. The number of nitrogens with one attached hydrogen (secondary N) is 1. The lowest BCUT2D eigenvalue weighted by molar-refractivity contribution is 0.0999. The molecule has 0 saturated carbocycles. The predicted octanol–water partition coefficient (Wildman–Crippen LogP) is 3.87. The second-order valence-electron chi connectivity index (χ2n) is 10.2. The van der Waals surface area contributed by atoms with Crippen LogP contribution >= 0.6 is 0 Å². The third-order valence-electron chi connectivity index (χ3n) is 7.45. The van der Waals surface area contributed by atoms with E-state index in [4.69, 9.17) is 4.98 Å². The van der Waals surface area contributed by atoms with E-state index in [0.717, 1.165) is 31.9 Å². The molecule has 196 valence electrons. The summed E-state index contributed by atoms with van der Waals surface area (Å²) in [4.78, 5) is 35.3. The minimum Gasteiger partial charge on any atom is -0.369 e. The van der Waals surface area contributed by atoms with Crippen LogP contribution in [0.2, 0.25) is 0 Å². The van der Waals surface area contributed by atoms with Crippen molar-refractivity contribution in [1.29, 1.82) is 0 Å². The van der Waals surface area contributed by atoms with Gasteiger partial charge in [-0.25, -0.2) is 14.3 Å². The molecule has 1 N–H and O–H groups in total. The first-order valence-corrected chi connectivity index (χ1v) is 12.9. The van der Waals surface area contributed by atoms with E-state index in [0.29, 0.717) is 41.9 Å². The summed E-state index contributed by atoms with van der Waals surface area (Å²) in [6.45, 7) is 11.2. The first-order valence-electron chi connectivity index (χ1n) is 12.9. The lowest BCUT2D eigenvalue weighted by Gasteiger charge is -2.36. The largest absolute Gasteiger partial charge is 0.369 e. The Bertz CT molecular complexity index is 1420. The summed E-state index contributed by atoms with van der Waals surface area (Å²) >= 11 is 0. The van der Waals surface area contributed by atoms with E-state index in [1.807, 2.05) is 4.90 Å². The van der Waals surface area contributed by atoms with Crippen LogP contribution in [-0.2, 0) is 0 Å². The van der Waals surface area contributed by atoms with Crippen LogP contribution in [-0.4, -0.2) is 73.1 Å². The van der Waals surface area contributed by atoms with Gasteiger partial charge in [0.05, 0.1) is 12.2 Å². The highest BCUT2D eigenvalue weighted by Crippen LogP contribution is 2.36. The number of piperazine rings is 1. The van der Waals surface area contributed by atoms with Crippen LogP contribution in [0, 0.1) is 26.6 Å². The van der Waals surface area contributed by atoms with Gasteiger partial charge in [-0.15, -0.1) is 0 Å². The number of para-hydroxylation sites is 1. The normalized spacial score (nSPS) is 17.4. The number of rotatable bonds is 4. The number of carbonyl (C=O) groups is 1. The summed E-state index contributed by atoms with van der Waals surface area (Å²) in [6, 6.07) is 8.99. The number of fused-ring (bicyclic) bond motifs is 3. The molecule has 0 spiro atoms. The number of likely N-dealkylation sites (N-methyl/N-ethyl adjacent to an activating group) is 1. The number of aliphatic imine (C=N–C) groups is 1. The summed E-state index contributed by atoms with van der Waals surface area (Å²) in [5, 5.41) is 3.33. The summed E-state index contributed by atoms with van der Waals surface area (Å²) < 4.78 is 14.9. The van der Waals surface area contributed by atoms with Crippen molar-refractivity contribution in [2.24, 2.45) is 4.99 Å². The number of hydrogen-bond acceptors (Lipinski definition) is 8. The number of benzene rings is 2. The molecule has 1 saturated heterocycles. The molecule has 0 unspecified atom stereocenters. The molecule has 0 aliphatic carbocycles. The van der Waals surface area contributed by atoms with Crippen molar-refractivity contribution >= 4 is 40.7 Å². The topological polar surface area (TPSA) is 80.2 Å². The number of carbonyl (C=O) groups excluding carboxylic acids is 1. The minimum atomic E-state index is -0.471. The molecule has 3 aliphatic rings. The molecular weight excluding hydrogens is 483 g/mol. The van der Waals surface area contributed by atoms with Gasteiger partial charge < -0.3 is 15.1 Å². The molecule has 1 aromatic heterocycles. The van der Waals surface area contributed by atoms with Crippen molar-refractivity contribution in [1.82, 2.24) is 14.9 Å². The van der Waals surface area contributed by atoms with Gasteiger partial charge in [-0.3, -0.25) is 14.7 Å². The average molecular weight is 515 g/mol. The van der Waals surface area contributed by atoms with Crippen molar-refractivity contribution in [3.05, 3.63) is 64.6 Å². The Hall–Kier alpha value is -4.05. The van der Waals surface area contributed by atoms with Crippen LogP contribution in [0.25, 0.3) is 0 Å². The lowest BCUT2D eigenvalue weighted by Crippen LogP contribution is -2.51. The minimum absolute atomic E-state index is 0.211. The summed E-state index contributed by atoms with van der Waals surface area (Å²) in [5.41, 5.74) is 5.73. The van der Waals surface area contributed by atoms with Gasteiger partial charge in [0.25, 0.3) is 5.91 Å². The second kappa shape index (κ2) is 9.36. The maximum Gasteiger partial charge on any atom is 0.270 e. The van der Waals surface area contributed by atoms with Crippen molar-refractivity contribution in [3.63, 3.8) is 0 Å². The smallest absolute Gasteiger partial charge is 0.270 e. The average Bonchev–Trinajstić information content (AvgIpc) is 3.36. The van der Waals surface area contributed by atoms with Crippen LogP contribution < -0.4 is 20.0 Å². The Morgan fingerprint density at radius 3 is 2.39 bits per heavy atom. The van der Waals surface area contributed by atoms with Crippen molar-refractivity contribution < 1.29 is 9.18 Å². The molecule has 9 nitrogen and oxygen atoms in total. The van der Waals surface area contributed by atoms with Crippen LogP contribution in [0.3, 0.4) is 0 Å². The standard InChI is InChI=1S/C28H31FN8O/c1-17-6-5-7-22(29)24(17)37-26(38)21-16-31-27(33-25(21)36-9-8-30-28(36)37)32-20-14-18(2)23(19(3)15-20)35-12-10-34(4)11-13-35/h5-7,14-16H,8-13H2,1-4H3,(H,31,32,33). The Labute approximate surface area is 221 Å². The van der Waals surface area contributed by atoms with E-state index in [1.54, 1.807) is 19.1 Å². The summed E-state index contributed by atoms with van der Waals surface area (Å²) in [7, 11) is 2.16. The third-order valence-corrected chi connectivity index (χ3v) is 7.45. The molecule has 4 heterocycles. The summed E-state index contributed by atoms with van der Waals surface area (Å²) in [6.07, 6.45) is 1.52. The monoisotopic (exact) mass is 514 g/mol. The molecule has 6 rings (SSSR count). The van der Waals surface area contributed by atoms with E-state index in [-0.39, 0.29) is 11.6 Å². The van der Waals surface area contributed by atoms with Crippen LogP contribution in [0.5, 0.6) is 0 Å². The number of guanidine groups is 1. The van der Waals surface area contributed by atoms with Gasteiger partial charge in [0.15, 0.2) is 5.82 Å². The molecule has 10 heteroatoms. The first-order chi connectivity index (χ1) is 18.3. The molecule has 1 fully saturated rings. The molecule has 0 radical (unpaired) electrons. The van der Waals surface area contributed by atoms with E-state index in [2.05, 4.69) is 58.1 Å². The Morgan fingerprint density at radius 2 is 1.68 bits per heavy atom. The van der Waals surface area contributed by atoms with Crippen LogP contribution in [0.1, 0.15) is 27.0 Å². The Balaban J connectivity index is 1.31. The number of aryl methyl sites for hydroxylation is 3. The van der Waals surface area contributed by atoms with Gasteiger partial charge in [-0.2, -0.15) is 4.98 Å². The molecule has 3 aliphatic heterocycles. The van der Waals surface area contributed by atoms with Gasteiger partial charge >= 0.3 is 0 Å². The molecule has 3 aromatic rings. The lowest BCUT2D eigenvalue weighted by atomic mass is 10.1. The van der Waals surface area contributed by atoms with E-state index < -0.39 is 5.82 Å². The fourth-order valence-electron chi connectivity index (χ4n) is 5.62. The Kier molecular flexibility index (Phi) is 5.98. The fourth-order valence-corrected chi connectivity index (χ4v) is 5.62. The molecule has 2 aromatic carbocycles. The maximum absolute atomic E-state index is 14.9. The number of halogens is 1. The SMILES string of the molecule is Cc1cc(Nc2ncc3c(n2)N2CCN=C2N(c2c(C)cccc2F)C3=O)cc(C)c1N1CCN(C)CC1. The second-order valence-corrected chi connectivity index (χ2v) is 10.2. The Morgan fingerprint density at radius 1 is 0.947 bits per heavy atom. The van der Waals surface area contributed by atoms with Crippen molar-refractivity contribution in [2.45, 2.75) is 20.8 Å². The van der Waals surface area contributed by atoms with E-state index >= 15 is 0 Å². The number of amides is 1. The zero-order valence-corrected chi connectivity index (χ0v) is 22.1. The highest BCUT2D eigenvalue weighted by atomic mass is 19.1. The fraction of sp³-hybridized carbons (Fsp3) is 0.357. The number of anilines is 5.